The van der Waals surface area contributed by atoms with Crippen LogP contribution in [0.5, 0.6) is 0 Å². The smallest absolute Gasteiger partial charge is 0.0780 e. The molecule has 3 nitrogen and oxygen atoms in total. The zero-order chi connectivity index (χ0) is 20.6. The van der Waals surface area contributed by atoms with Gasteiger partial charge in [0.05, 0.1) is 5.52 Å². The summed E-state index contributed by atoms with van der Waals surface area (Å²) in [6.45, 7) is 8.18. The molecule has 0 radical (unpaired) electrons. The number of aromatic nitrogens is 1. The van der Waals surface area contributed by atoms with E-state index in [4.69, 9.17) is 4.99 Å². The van der Waals surface area contributed by atoms with Gasteiger partial charge in [-0.3, -0.25) is 9.98 Å². The predicted molar refractivity (Wildman–Crippen MR) is 127 cm³/mol. The van der Waals surface area contributed by atoms with Gasteiger partial charge in [-0.15, -0.1) is 0 Å². The van der Waals surface area contributed by atoms with Crippen molar-refractivity contribution in [1.29, 1.82) is 0 Å². The van der Waals surface area contributed by atoms with Crippen LogP contribution in [0.2, 0.25) is 0 Å². The molecule has 1 heterocycles. The number of nitrogens with one attached hydrogen (secondary N) is 1. The van der Waals surface area contributed by atoms with Crippen LogP contribution in [-0.2, 0) is 0 Å². The molecule has 2 aromatic carbocycles. The molecule has 1 aromatic heterocycles. The normalized spacial score (nSPS) is 12.9. The van der Waals surface area contributed by atoms with E-state index < -0.39 is 0 Å². The molecule has 0 saturated heterocycles. The lowest BCUT2D eigenvalue weighted by atomic mass is 10.0. The van der Waals surface area contributed by atoms with Crippen LogP contribution in [0, 0.1) is 0 Å². The Morgan fingerprint density at radius 2 is 1.86 bits per heavy atom. The van der Waals surface area contributed by atoms with E-state index in [1.165, 1.54) is 0 Å². The largest absolute Gasteiger partial charge is 0.388 e. The zero-order valence-electron chi connectivity index (χ0n) is 17.3. The molecule has 146 valence electrons. The highest BCUT2D eigenvalue weighted by atomic mass is 14.8. The third-order valence-electron chi connectivity index (χ3n) is 4.85. The van der Waals surface area contributed by atoms with Gasteiger partial charge in [0.1, 0.15) is 0 Å². The second-order valence-electron chi connectivity index (χ2n) is 6.74. The number of anilines is 1. The van der Waals surface area contributed by atoms with Crippen molar-refractivity contribution in [1.82, 2.24) is 4.98 Å². The molecule has 0 unspecified atom stereocenters. The topological polar surface area (TPSA) is 37.3 Å². The van der Waals surface area contributed by atoms with Crippen LogP contribution in [0.4, 0.5) is 5.69 Å². The minimum Gasteiger partial charge on any atom is -0.388 e. The first kappa shape index (κ1) is 20.3. The molecule has 0 aliphatic heterocycles. The van der Waals surface area contributed by atoms with Gasteiger partial charge >= 0.3 is 0 Å². The molecule has 0 amide bonds. The number of rotatable bonds is 7. The van der Waals surface area contributed by atoms with Crippen molar-refractivity contribution in [3.63, 3.8) is 0 Å². The van der Waals surface area contributed by atoms with E-state index in [0.717, 1.165) is 51.0 Å². The van der Waals surface area contributed by atoms with Gasteiger partial charge in [-0.1, -0.05) is 62.1 Å². The highest BCUT2D eigenvalue weighted by Crippen LogP contribution is 2.27. The molecule has 0 aliphatic rings. The van der Waals surface area contributed by atoms with E-state index in [1.807, 2.05) is 44.6 Å². The number of fused-ring (bicyclic) bond motifs is 1. The summed E-state index contributed by atoms with van der Waals surface area (Å²) in [5.74, 6) is 0. The minimum atomic E-state index is 0.909. The molecule has 0 bridgehead atoms. The van der Waals surface area contributed by atoms with Gasteiger partial charge in [0.2, 0.25) is 0 Å². The SMILES string of the molecule is C=C/C(=C(C)/N=C\C(=C/CC)c1ccc(NC)cc1)c1cccc2cccnc12. The van der Waals surface area contributed by atoms with Gasteiger partial charge in [0.25, 0.3) is 0 Å². The highest BCUT2D eigenvalue weighted by Gasteiger charge is 2.08. The Bertz CT molecular complexity index is 1080. The lowest BCUT2D eigenvalue weighted by Gasteiger charge is -2.09. The quantitative estimate of drug-likeness (QED) is 0.363. The zero-order valence-corrected chi connectivity index (χ0v) is 17.3. The number of para-hydroxylation sites is 1. The molecule has 0 fully saturated rings. The Hall–Kier alpha value is -3.46. The van der Waals surface area contributed by atoms with E-state index in [1.54, 1.807) is 0 Å². The second kappa shape index (κ2) is 9.65. The Morgan fingerprint density at radius 3 is 2.55 bits per heavy atom. The van der Waals surface area contributed by atoms with Gasteiger partial charge in [-0.05, 0) is 42.7 Å². The molecular formula is C26H27N3. The maximum atomic E-state index is 4.79. The van der Waals surface area contributed by atoms with Gasteiger partial charge in [-0.2, -0.15) is 0 Å². The van der Waals surface area contributed by atoms with E-state index in [9.17, 15) is 0 Å². The average Bonchev–Trinajstić information content (AvgIpc) is 2.77. The summed E-state index contributed by atoms with van der Waals surface area (Å²) in [7, 11) is 1.92. The average molecular weight is 382 g/mol. The first-order chi connectivity index (χ1) is 14.2. The lowest BCUT2D eigenvalue weighted by Crippen LogP contribution is -1.92. The van der Waals surface area contributed by atoms with E-state index >= 15 is 0 Å². The summed E-state index contributed by atoms with van der Waals surface area (Å²) >= 11 is 0. The lowest BCUT2D eigenvalue weighted by molar-refractivity contribution is 1.23. The number of aliphatic imine (C=N–C) groups is 1. The van der Waals surface area contributed by atoms with Gasteiger partial charge in [-0.25, -0.2) is 0 Å². The summed E-state index contributed by atoms with van der Waals surface area (Å²) in [6.07, 6.45) is 8.76. The molecule has 0 spiro atoms. The monoisotopic (exact) mass is 381 g/mol. The fourth-order valence-electron chi connectivity index (χ4n) is 3.30. The molecule has 0 saturated carbocycles. The maximum absolute atomic E-state index is 4.79. The fourth-order valence-corrected chi connectivity index (χ4v) is 3.30. The van der Waals surface area contributed by atoms with Crippen LogP contribution in [0.15, 0.2) is 90.2 Å². The molecule has 0 atom stereocenters. The molecule has 3 heteroatoms. The highest BCUT2D eigenvalue weighted by molar-refractivity contribution is 6.10. The summed E-state index contributed by atoms with van der Waals surface area (Å²) in [5.41, 5.74) is 7.26. The van der Waals surface area contributed by atoms with Crippen molar-refractivity contribution >= 4 is 34.0 Å². The van der Waals surface area contributed by atoms with Crippen LogP contribution >= 0.6 is 0 Å². The van der Waals surface area contributed by atoms with Gasteiger partial charge < -0.3 is 5.32 Å². The third kappa shape index (κ3) is 4.69. The van der Waals surface area contributed by atoms with Crippen LogP contribution in [0.3, 0.4) is 0 Å². The first-order valence-corrected chi connectivity index (χ1v) is 9.87. The van der Waals surface area contributed by atoms with Crippen molar-refractivity contribution in [2.45, 2.75) is 20.3 Å². The Balaban J connectivity index is 2.00. The Labute approximate surface area is 173 Å². The Morgan fingerprint density at radius 1 is 1.10 bits per heavy atom. The summed E-state index contributed by atoms with van der Waals surface area (Å²) < 4.78 is 0. The standard InChI is InChI=1S/C26H27N3/c1-5-9-22(20-13-15-23(27-4)16-14-20)18-29-19(3)24(6-2)25-12-7-10-21-11-8-17-28-26(21)25/h6-18,27H,2,5H2,1,3-4H3/b22-9+,24-19-,29-18-. The maximum Gasteiger partial charge on any atom is 0.0780 e. The molecule has 3 rings (SSSR count). The molecule has 29 heavy (non-hydrogen) atoms. The van der Waals surface area contributed by atoms with Crippen LogP contribution in [0.1, 0.15) is 31.4 Å². The molecule has 0 aliphatic carbocycles. The van der Waals surface area contributed by atoms with Crippen molar-refractivity contribution in [3.8, 4) is 0 Å². The number of benzene rings is 2. The van der Waals surface area contributed by atoms with Crippen LogP contribution < -0.4 is 5.32 Å². The van der Waals surface area contributed by atoms with Crippen molar-refractivity contribution in [2.24, 2.45) is 4.99 Å². The molecule has 3 aromatic rings. The summed E-state index contributed by atoms with van der Waals surface area (Å²) in [6, 6.07) is 18.6. The van der Waals surface area contributed by atoms with E-state index in [-0.39, 0.29) is 0 Å². The first-order valence-electron chi connectivity index (χ1n) is 9.87. The summed E-state index contributed by atoms with van der Waals surface area (Å²) in [4.78, 5) is 9.36. The molecular weight excluding hydrogens is 354 g/mol. The number of hydrogen-bond acceptors (Lipinski definition) is 3. The number of hydrogen-bond donors (Lipinski definition) is 1. The fraction of sp³-hybridized carbons (Fsp3) is 0.154. The Kier molecular flexibility index (Phi) is 6.75. The van der Waals surface area contributed by atoms with Crippen molar-refractivity contribution in [2.75, 3.05) is 12.4 Å². The van der Waals surface area contributed by atoms with Crippen molar-refractivity contribution < 1.29 is 0 Å². The van der Waals surface area contributed by atoms with Gasteiger partial charge in [0, 0.05) is 47.4 Å². The van der Waals surface area contributed by atoms with E-state index in [2.05, 4.69) is 72.3 Å². The van der Waals surface area contributed by atoms with Crippen molar-refractivity contribution in [3.05, 3.63) is 96.3 Å². The molecule has 1 N–H and O–H groups in total. The summed E-state index contributed by atoms with van der Waals surface area (Å²) in [5, 5.41) is 4.26. The van der Waals surface area contributed by atoms with E-state index in [0.29, 0.717) is 0 Å². The van der Waals surface area contributed by atoms with Crippen LogP contribution in [0.25, 0.3) is 22.0 Å². The third-order valence-corrected chi connectivity index (χ3v) is 4.85. The van der Waals surface area contributed by atoms with Crippen LogP contribution in [-0.4, -0.2) is 18.2 Å². The number of nitrogens with zero attached hydrogens (tertiary/aromatic N) is 2. The number of allylic oxidation sites excluding steroid dienone is 5. The minimum absolute atomic E-state index is 0.909. The second-order valence-corrected chi connectivity index (χ2v) is 6.74. The van der Waals surface area contributed by atoms with Gasteiger partial charge in [0.15, 0.2) is 0 Å². The predicted octanol–water partition coefficient (Wildman–Crippen LogP) is 6.76. The number of pyridine rings is 1.